The molecule has 0 saturated heterocycles. The van der Waals surface area contributed by atoms with Gasteiger partial charge in [0.25, 0.3) is 0 Å². The lowest BCUT2D eigenvalue weighted by molar-refractivity contribution is 0.275. The van der Waals surface area contributed by atoms with Gasteiger partial charge in [-0.25, -0.2) is 19.6 Å². The Morgan fingerprint density at radius 3 is 2.50 bits per heavy atom. The van der Waals surface area contributed by atoms with Crippen molar-refractivity contribution in [2.75, 3.05) is 0 Å². The van der Waals surface area contributed by atoms with E-state index < -0.39 is 0 Å². The Morgan fingerprint density at radius 1 is 1.20 bits per heavy atom. The minimum Gasteiger partial charge on any atom is -0.390 e. The summed E-state index contributed by atoms with van der Waals surface area (Å²) in [6.07, 6.45) is 3.27. The van der Waals surface area contributed by atoms with Crippen molar-refractivity contribution in [3.63, 3.8) is 0 Å². The summed E-state index contributed by atoms with van der Waals surface area (Å²) in [6, 6.07) is 0. The lowest BCUT2D eigenvalue weighted by Crippen LogP contribution is -2.11. The highest BCUT2D eigenvalue weighted by atomic mass is 16.3. The van der Waals surface area contributed by atoms with E-state index >= 15 is 0 Å². The molecule has 6 nitrogen and oxygen atoms in total. The molecule has 0 bridgehead atoms. The SMILES string of the molecule is CCc1nc(CC)n(-c2cnc(C(C)C)nc2CO)n1. The average Bonchev–Trinajstić information content (AvgIpc) is 2.89. The Morgan fingerprint density at radius 2 is 1.95 bits per heavy atom. The summed E-state index contributed by atoms with van der Waals surface area (Å²) in [5.74, 6) is 2.60. The highest BCUT2D eigenvalue weighted by molar-refractivity contribution is 5.34. The van der Waals surface area contributed by atoms with E-state index in [1.807, 2.05) is 27.7 Å². The summed E-state index contributed by atoms with van der Waals surface area (Å²) in [4.78, 5) is 13.3. The Labute approximate surface area is 118 Å². The molecule has 2 rings (SSSR count). The lowest BCUT2D eigenvalue weighted by atomic mass is 10.2. The minimum absolute atomic E-state index is 0.137. The van der Waals surface area contributed by atoms with Gasteiger partial charge in [0.2, 0.25) is 0 Å². The zero-order chi connectivity index (χ0) is 14.7. The molecule has 2 heterocycles. The van der Waals surface area contributed by atoms with Crippen molar-refractivity contribution in [1.82, 2.24) is 24.7 Å². The minimum atomic E-state index is -0.137. The van der Waals surface area contributed by atoms with Crippen molar-refractivity contribution in [1.29, 1.82) is 0 Å². The van der Waals surface area contributed by atoms with Gasteiger partial charge in [-0.1, -0.05) is 27.7 Å². The molecule has 2 aromatic rings. The summed E-state index contributed by atoms with van der Waals surface area (Å²) in [5.41, 5.74) is 1.30. The number of hydrogen-bond acceptors (Lipinski definition) is 5. The molecule has 6 heteroatoms. The van der Waals surface area contributed by atoms with Crippen molar-refractivity contribution in [3.8, 4) is 5.69 Å². The van der Waals surface area contributed by atoms with Crippen molar-refractivity contribution >= 4 is 0 Å². The number of aliphatic hydroxyl groups excluding tert-OH is 1. The predicted octanol–water partition coefficient (Wildman–Crippen LogP) is 1.80. The summed E-state index contributed by atoms with van der Waals surface area (Å²) >= 11 is 0. The fraction of sp³-hybridized carbons (Fsp3) is 0.571. The number of aliphatic hydroxyl groups is 1. The number of rotatable bonds is 5. The number of aryl methyl sites for hydroxylation is 2. The van der Waals surface area contributed by atoms with Gasteiger partial charge in [-0.05, 0) is 0 Å². The fourth-order valence-electron chi connectivity index (χ4n) is 1.96. The molecule has 0 aliphatic carbocycles. The van der Waals surface area contributed by atoms with Crippen LogP contribution in [0.4, 0.5) is 0 Å². The van der Waals surface area contributed by atoms with Crippen LogP contribution in [0, 0.1) is 0 Å². The van der Waals surface area contributed by atoms with Gasteiger partial charge in [-0.15, -0.1) is 0 Å². The number of hydrogen-bond donors (Lipinski definition) is 1. The molecule has 0 aliphatic heterocycles. The molecule has 0 saturated carbocycles. The maximum Gasteiger partial charge on any atom is 0.151 e. The van der Waals surface area contributed by atoms with Gasteiger partial charge in [0, 0.05) is 18.8 Å². The Hall–Kier alpha value is -1.82. The Balaban J connectivity index is 2.54. The van der Waals surface area contributed by atoms with Crippen LogP contribution in [0.3, 0.4) is 0 Å². The first kappa shape index (κ1) is 14.6. The molecule has 0 aliphatic rings. The third-order valence-corrected chi connectivity index (χ3v) is 3.11. The molecule has 0 amide bonds. The van der Waals surface area contributed by atoms with Crippen molar-refractivity contribution in [3.05, 3.63) is 29.4 Å². The molecule has 2 aromatic heterocycles. The molecule has 0 radical (unpaired) electrons. The topological polar surface area (TPSA) is 76.7 Å². The molecule has 1 N–H and O–H groups in total. The maximum absolute atomic E-state index is 9.56. The van der Waals surface area contributed by atoms with Crippen LogP contribution in [0.1, 0.15) is 56.8 Å². The first-order valence-corrected chi connectivity index (χ1v) is 7.02. The Bertz CT molecular complexity index is 591. The zero-order valence-corrected chi connectivity index (χ0v) is 12.5. The fourth-order valence-corrected chi connectivity index (χ4v) is 1.96. The standard InChI is InChI=1S/C14H21N5O/c1-5-12-17-13(6-2)19(18-12)11-7-15-14(9(3)4)16-10(11)8-20/h7,9,20H,5-6,8H2,1-4H3. The van der Waals surface area contributed by atoms with Crippen LogP contribution in [0.15, 0.2) is 6.20 Å². The van der Waals surface area contributed by atoms with E-state index in [0.29, 0.717) is 11.4 Å². The summed E-state index contributed by atoms with van der Waals surface area (Å²) < 4.78 is 1.74. The van der Waals surface area contributed by atoms with Gasteiger partial charge >= 0.3 is 0 Å². The van der Waals surface area contributed by atoms with E-state index in [1.165, 1.54) is 0 Å². The van der Waals surface area contributed by atoms with E-state index in [1.54, 1.807) is 10.9 Å². The average molecular weight is 275 g/mol. The van der Waals surface area contributed by atoms with Crippen LogP contribution in [0.25, 0.3) is 5.69 Å². The third kappa shape index (κ3) is 2.70. The summed E-state index contributed by atoms with van der Waals surface area (Å²) in [6.45, 7) is 7.96. The van der Waals surface area contributed by atoms with E-state index in [4.69, 9.17) is 0 Å². The normalized spacial score (nSPS) is 11.3. The van der Waals surface area contributed by atoms with Crippen molar-refractivity contribution in [2.24, 2.45) is 0 Å². The highest BCUT2D eigenvalue weighted by Gasteiger charge is 2.15. The Kier molecular flexibility index (Phi) is 4.44. The van der Waals surface area contributed by atoms with Crippen LogP contribution in [0.5, 0.6) is 0 Å². The van der Waals surface area contributed by atoms with Crippen molar-refractivity contribution < 1.29 is 5.11 Å². The highest BCUT2D eigenvalue weighted by Crippen LogP contribution is 2.17. The molecule has 0 fully saturated rings. The van der Waals surface area contributed by atoms with Gasteiger partial charge in [0.05, 0.1) is 18.5 Å². The summed E-state index contributed by atoms with van der Waals surface area (Å²) in [5, 5.41) is 14.0. The van der Waals surface area contributed by atoms with Gasteiger partial charge in [-0.2, -0.15) is 5.10 Å². The van der Waals surface area contributed by atoms with Gasteiger partial charge < -0.3 is 5.11 Å². The van der Waals surface area contributed by atoms with E-state index in [0.717, 1.165) is 30.3 Å². The van der Waals surface area contributed by atoms with E-state index in [2.05, 4.69) is 20.1 Å². The van der Waals surface area contributed by atoms with Crippen LogP contribution in [-0.4, -0.2) is 29.8 Å². The molecule has 0 spiro atoms. The van der Waals surface area contributed by atoms with Crippen LogP contribution >= 0.6 is 0 Å². The second-order valence-corrected chi connectivity index (χ2v) is 4.94. The smallest absolute Gasteiger partial charge is 0.151 e. The quantitative estimate of drug-likeness (QED) is 0.900. The number of aromatic nitrogens is 5. The zero-order valence-electron chi connectivity index (χ0n) is 12.5. The first-order valence-electron chi connectivity index (χ1n) is 7.02. The second-order valence-electron chi connectivity index (χ2n) is 4.94. The molecule has 0 unspecified atom stereocenters. The number of nitrogens with zero attached hydrogens (tertiary/aromatic N) is 5. The second kappa shape index (κ2) is 6.09. The molecular formula is C14H21N5O. The maximum atomic E-state index is 9.56. The van der Waals surface area contributed by atoms with Gasteiger partial charge in [0.1, 0.15) is 17.3 Å². The predicted molar refractivity (Wildman–Crippen MR) is 75.7 cm³/mol. The van der Waals surface area contributed by atoms with E-state index in [9.17, 15) is 5.11 Å². The summed E-state index contributed by atoms with van der Waals surface area (Å²) in [7, 11) is 0. The van der Waals surface area contributed by atoms with Gasteiger partial charge in [0.15, 0.2) is 5.82 Å². The van der Waals surface area contributed by atoms with Gasteiger partial charge in [-0.3, -0.25) is 0 Å². The molecule has 108 valence electrons. The molecular weight excluding hydrogens is 254 g/mol. The lowest BCUT2D eigenvalue weighted by Gasteiger charge is -2.11. The third-order valence-electron chi connectivity index (χ3n) is 3.11. The van der Waals surface area contributed by atoms with E-state index in [-0.39, 0.29) is 12.5 Å². The first-order chi connectivity index (χ1) is 9.60. The molecule has 20 heavy (non-hydrogen) atoms. The van der Waals surface area contributed by atoms with Crippen LogP contribution < -0.4 is 0 Å². The van der Waals surface area contributed by atoms with Crippen molar-refractivity contribution in [2.45, 2.75) is 53.1 Å². The monoisotopic (exact) mass is 275 g/mol. The largest absolute Gasteiger partial charge is 0.390 e. The molecule has 0 atom stereocenters. The van der Waals surface area contributed by atoms with Crippen LogP contribution in [-0.2, 0) is 19.4 Å². The van der Waals surface area contributed by atoms with Crippen LogP contribution in [0.2, 0.25) is 0 Å². The molecule has 0 aromatic carbocycles.